The Labute approximate surface area is 141 Å². The molecule has 0 fully saturated rings. The van der Waals surface area contributed by atoms with Crippen LogP contribution >= 0.6 is 11.8 Å². The van der Waals surface area contributed by atoms with Crippen molar-refractivity contribution in [3.8, 4) is 0 Å². The summed E-state index contributed by atoms with van der Waals surface area (Å²) in [5.41, 5.74) is 3.43. The van der Waals surface area contributed by atoms with Crippen molar-refractivity contribution in [2.75, 3.05) is 0 Å². The second kappa shape index (κ2) is 6.17. The number of nitrogens with zero attached hydrogens (tertiary/aromatic N) is 1. The third-order valence-electron chi connectivity index (χ3n) is 3.72. The van der Waals surface area contributed by atoms with Crippen molar-refractivity contribution in [2.24, 2.45) is 4.99 Å². The summed E-state index contributed by atoms with van der Waals surface area (Å²) in [4.78, 5) is 17.0. The predicted molar refractivity (Wildman–Crippen MR) is 98.7 cm³/mol. The summed E-state index contributed by atoms with van der Waals surface area (Å²) in [6.45, 7) is 6.57. The molecule has 23 heavy (non-hydrogen) atoms. The van der Waals surface area contributed by atoms with Gasteiger partial charge in [0.05, 0.1) is 4.91 Å². The van der Waals surface area contributed by atoms with Gasteiger partial charge in [0.25, 0.3) is 5.91 Å². The van der Waals surface area contributed by atoms with Gasteiger partial charge in [0.2, 0.25) is 0 Å². The third-order valence-corrected chi connectivity index (χ3v) is 4.75. The molecular formula is C20H19NOS. The molecule has 2 aromatic carbocycles. The summed E-state index contributed by atoms with van der Waals surface area (Å²) < 4.78 is 0. The summed E-state index contributed by atoms with van der Waals surface area (Å²) in [5.74, 6) is -0.159. The van der Waals surface area contributed by atoms with Gasteiger partial charge in [-0.05, 0) is 22.6 Å². The highest BCUT2D eigenvalue weighted by molar-refractivity contribution is 8.19. The van der Waals surface area contributed by atoms with E-state index in [1.165, 1.54) is 17.3 Å². The number of thioether (sulfide) groups is 1. The van der Waals surface area contributed by atoms with E-state index in [-0.39, 0.29) is 11.3 Å². The van der Waals surface area contributed by atoms with Crippen molar-refractivity contribution in [2.45, 2.75) is 26.2 Å². The summed E-state index contributed by atoms with van der Waals surface area (Å²) in [5, 5.41) is 0.771. The van der Waals surface area contributed by atoms with Gasteiger partial charge in [-0.15, -0.1) is 0 Å². The minimum Gasteiger partial charge on any atom is -0.266 e. The van der Waals surface area contributed by atoms with Crippen LogP contribution in [0.1, 0.15) is 37.5 Å². The van der Waals surface area contributed by atoms with E-state index in [1.54, 1.807) is 0 Å². The van der Waals surface area contributed by atoms with Crippen molar-refractivity contribution in [1.29, 1.82) is 0 Å². The molecule has 0 unspecified atom stereocenters. The van der Waals surface area contributed by atoms with E-state index in [2.05, 4.69) is 50.0 Å². The van der Waals surface area contributed by atoms with Crippen LogP contribution in [0.4, 0.5) is 0 Å². The lowest BCUT2D eigenvalue weighted by molar-refractivity contribution is -0.113. The van der Waals surface area contributed by atoms with Gasteiger partial charge in [0, 0.05) is 5.56 Å². The Morgan fingerprint density at radius 1 is 0.957 bits per heavy atom. The quantitative estimate of drug-likeness (QED) is 0.725. The van der Waals surface area contributed by atoms with Crippen molar-refractivity contribution in [3.63, 3.8) is 0 Å². The molecule has 0 aliphatic carbocycles. The highest BCUT2D eigenvalue weighted by Crippen LogP contribution is 2.32. The largest absolute Gasteiger partial charge is 0.284 e. The molecule has 2 aromatic rings. The Morgan fingerprint density at radius 3 is 2.22 bits per heavy atom. The number of aliphatic imine (C=N–C) groups is 1. The molecular weight excluding hydrogens is 302 g/mol. The van der Waals surface area contributed by atoms with Crippen LogP contribution in [-0.4, -0.2) is 11.0 Å². The van der Waals surface area contributed by atoms with Crippen molar-refractivity contribution in [3.05, 3.63) is 76.2 Å². The lowest BCUT2D eigenvalue weighted by Gasteiger charge is -2.18. The monoisotopic (exact) mass is 321 g/mol. The van der Waals surface area contributed by atoms with Crippen LogP contribution in [0.2, 0.25) is 0 Å². The van der Waals surface area contributed by atoms with E-state index in [0.29, 0.717) is 4.91 Å². The minimum absolute atomic E-state index is 0.132. The maximum atomic E-state index is 12.1. The van der Waals surface area contributed by atoms with E-state index in [4.69, 9.17) is 0 Å². The molecule has 0 aromatic heterocycles. The molecule has 2 nitrogen and oxygen atoms in total. The number of benzene rings is 2. The average Bonchev–Trinajstić information content (AvgIpc) is 2.89. The third kappa shape index (κ3) is 3.62. The van der Waals surface area contributed by atoms with Gasteiger partial charge in [0.1, 0.15) is 5.04 Å². The molecule has 0 N–H and O–H groups in total. The second-order valence-electron chi connectivity index (χ2n) is 6.57. The summed E-state index contributed by atoms with van der Waals surface area (Å²) in [6.07, 6.45) is 1.92. The van der Waals surface area contributed by atoms with Crippen LogP contribution in [0.15, 0.2) is 64.5 Å². The molecule has 0 spiro atoms. The number of rotatable bonds is 2. The van der Waals surface area contributed by atoms with E-state index in [1.807, 2.05) is 36.4 Å². The zero-order valence-corrected chi connectivity index (χ0v) is 14.4. The minimum atomic E-state index is -0.159. The topological polar surface area (TPSA) is 29.4 Å². The maximum absolute atomic E-state index is 12.1. The standard InChI is InChI=1S/C20H19NOS/c1-20(2,3)16-11-9-14(10-12-16)13-17-18(22)21-19(23-17)15-7-5-4-6-8-15/h4-13H,1-3H3/b17-13+. The molecule has 116 valence electrons. The van der Waals surface area contributed by atoms with Crippen LogP contribution in [0.25, 0.3) is 6.08 Å². The lowest BCUT2D eigenvalue weighted by Crippen LogP contribution is -2.10. The molecule has 1 aliphatic rings. The van der Waals surface area contributed by atoms with E-state index >= 15 is 0 Å². The fourth-order valence-corrected chi connectivity index (χ4v) is 3.26. The zero-order chi connectivity index (χ0) is 16.4. The molecule has 1 aliphatic heterocycles. The zero-order valence-electron chi connectivity index (χ0n) is 13.5. The number of carbonyl (C=O) groups is 1. The Hall–Kier alpha value is -2.13. The number of amides is 1. The van der Waals surface area contributed by atoms with Crippen LogP contribution in [0, 0.1) is 0 Å². The smallest absolute Gasteiger partial charge is 0.266 e. The number of carbonyl (C=O) groups excluding carboxylic acids is 1. The molecule has 0 saturated carbocycles. The molecule has 3 heteroatoms. The molecule has 1 amide bonds. The highest BCUT2D eigenvalue weighted by atomic mass is 32.2. The first-order valence-electron chi connectivity index (χ1n) is 7.62. The summed E-state index contributed by atoms with van der Waals surface area (Å²) in [6, 6.07) is 18.2. The number of hydrogen-bond acceptors (Lipinski definition) is 2. The van der Waals surface area contributed by atoms with Crippen LogP contribution in [-0.2, 0) is 10.2 Å². The van der Waals surface area contributed by atoms with Gasteiger partial charge < -0.3 is 0 Å². The second-order valence-corrected chi connectivity index (χ2v) is 7.60. The van der Waals surface area contributed by atoms with E-state index in [0.717, 1.165) is 16.2 Å². The number of hydrogen-bond donors (Lipinski definition) is 0. The highest BCUT2D eigenvalue weighted by Gasteiger charge is 2.22. The average molecular weight is 321 g/mol. The molecule has 3 rings (SSSR count). The van der Waals surface area contributed by atoms with Gasteiger partial charge in [-0.3, -0.25) is 4.79 Å². The first kappa shape index (κ1) is 15.8. The molecule has 1 heterocycles. The van der Waals surface area contributed by atoms with E-state index < -0.39 is 0 Å². The summed E-state index contributed by atoms with van der Waals surface area (Å²) >= 11 is 1.44. The van der Waals surface area contributed by atoms with Crippen molar-refractivity contribution < 1.29 is 4.79 Å². The lowest BCUT2D eigenvalue weighted by atomic mass is 9.87. The Morgan fingerprint density at radius 2 is 1.61 bits per heavy atom. The first-order chi connectivity index (χ1) is 10.9. The van der Waals surface area contributed by atoms with Crippen LogP contribution in [0.3, 0.4) is 0 Å². The van der Waals surface area contributed by atoms with Gasteiger partial charge in [-0.1, -0.05) is 87.1 Å². The Bertz CT molecular complexity index is 781. The normalized spacial score (nSPS) is 16.7. The molecule has 0 atom stereocenters. The maximum Gasteiger partial charge on any atom is 0.284 e. The Kier molecular flexibility index (Phi) is 4.22. The molecule has 0 radical (unpaired) electrons. The first-order valence-corrected chi connectivity index (χ1v) is 8.44. The SMILES string of the molecule is CC(C)(C)c1ccc(/C=C2/SC(c3ccccc3)=NC2=O)cc1. The van der Waals surface area contributed by atoms with Crippen LogP contribution in [0.5, 0.6) is 0 Å². The summed E-state index contributed by atoms with van der Waals surface area (Å²) in [7, 11) is 0. The van der Waals surface area contributed by atoms with Crippen molar-refractivity contribution >= 4 is 28.8 Å². The molecule has 0 saturated heterocycles. The Balaban J connectivity index is 1.81. The van der Waals surface area contributed by atoms with Gasteiger partial charge >= 0.3 is 0 Å². The van der Waals surface area contributed by atoms with Crippen molar-refractivity contribution in [1.82, 2.24) is 0 Å². The fourth-order valence-electron chi connectivity index (χ4n) is 2.34. The van der Waals surface area contributed by atoms with E-state index in [9.17, 15) is 4.79 Å². The molecule has 0 bridgehead atoms. The van der Waals surface area contributed by atoms with Gasteiger partial charge in [-0.25, -0.2) is 4.99 Å². The predicted octanol–water partition coefficient (Wildman–Crippen LogP) is 5.05. The van der Waals surface area contributed by atoms with Gasteiger partial charge in [-0.2, -0.15) is 0 Å². The van der Waals surface area contributed by atoms with Crippen LogP contribution < -0.4 is 0 Å². The van der Waals surface area contributed by atoms with Gasteiger partial charge in [0.15, 0.2) is 0 Å². The fraction of sp³-hybridized carbons (Fsp3) is 0.200.